The molecule has 0 bridgehead atoms. The fourth-order valence-electron chi connectivity index (χ4n) is 3.45. The van der Waals surface area contributed by atoms with E-state index in [2.05, 4.69) is 27.3 Å². The number of halogens is 5. The summed E-state index contributed by atoms with van der Waals surface area (Å²) in [4.78, 5) is 5.15. The molecule has 10 heteroatoms. The molecular formula is C22H21F5N4S. The van der Waals surface area contributed by atoms with Gasteiger partial charge in [0.25, 0.3) is 0 Å². The van der Waals surface area contributed by atoms with Gasteiger partial charge in [-0.3, -0.25) is 4.98 Å². The van der Waals surface area contributed by atoms with Gasteiger partial charge in [0.2, 0.25) is 6.17 Å². The Kier molecular flexibility index (Phi) is 6.24. The van der Waals surface area contributed by atoms with E-state index in [0.717, 1.165) is 15.7 Å². The fourth-order valence-corrected chi connectivity index (χ4v) is 4.25. The first-order valence-corrected chi connectivity index (χ1v) is 11.2. The molecule has 0 N–H and O–H groups in total. The molecule has 2 heterocycles. The van der Waals surface area contributed by atoms with E-state index < -0.39 is 24.3 Å². The van der Waals surface area contributed by atoms with E-state index in [1.165, 1.54) is 37.2 Å². The highest BCUT2D eigenvalue weighted by atomic mass is 32.2. The van der Waals surface area contributed by atoms with Crippen LogP contribution in [-0.2, 0) is 7.05 Å². The molecule has 3 aromatic rings. The lowest BCUT2D eigenvalue weighted by Crippen LogP contribution is -2.33. The minimum absolute atomic E-state index is 0.0271. The molecule has 1 aliphatic rings. The number of rotatable bonds is 8. The molecule has 1 fully saturated rings. The number of nitrogens with zero attached hydrogens (tertiary/aromatic N) is 4. The largest absolute Gasteiger partial charge is 0.345 e. The number of pyridine rings is 1. The Hall–Kier alpha value is -2.49. The standard InChI is InChI=1S/C22H21F5N4S/c1-3-32-16-10-15(14-8-6-13(7-9-14)12-4-5-12)11-28-17(16)19-29-30-20(31(19)2)18(23)22(26,27)21(24)25/h6-12,18,21H,3-5H2,1-2H3. The Morgan fingerprint density at radius 2 is 1.78 bits per heavy atom. The second kappa shape index (κ2) is 8.80. The van der Waals surface area contributed by atoms with Gasteiger partial charge in [0.15, 0.2) is 11.6 Å². The van der Waals surface area contributed by atoms with Crippen LogP contribution in [0.3, 0.4) is 0 Å². The van der Waals surface area contributed by atoms with E-state index in [9.17, 15) is 22.0 Å². The first-order chi connectivity index (χ1) is 15.2. The second-order valence-electron chi connectivity index (χ2n) is 7.68. The zero-order valence-electron chi connectivity index (χ0n) is 17.4. The summed E-state index contributed by atoms with van der Waals surface area (Å²) in [6.07, 6.45) is -3.39. The summed E-state index contributed by atoms with van der Waals surface area (Å²) in [6.45, 7) is 1.94. The summed E-state index contributed by atoms with van der Waals surface area (Å²) in [6, 6.07) is 10.2. The zero-order chi connectivity index (χ0) is 23.0. The molecule has 4 rings (SSSR count). The van der Waals surface area contributed by atoms with Crippen LogP contribution in [0.15, 0.2) is 41.4 Å². The van der Waals surface area contributed by atoms with Crippen molar-refractivity contribution in [1.29, 1.82) is 0 Å². The number of aromatic nitrogens is 4. The van der Waals surface area contributed by atoms with Crippen molar-refractivity contribution in [2.24, 2.45) is 7.05 Å². The van der Waals surface area contributed by atoms with Gasteiger partial charge in [-0.05, 0) is 41.7 Å². The Labute approximate surface area is 186 Å². The third-order valence-corrected chi connectivity index (χ3v) is 6.33. The lowest BCUT2D eigenvalue weighted by atomic mass is 10.0. The van der Waals surface area contributed by atoms with Crippen molar-refractivity contribution in [3.05, 3.63) is 47.9 Å². The smallest absolute Gasteiger partial charge is 0.310 e. The molecule has 0 saturated heterocycles. The highest BCUT2D eigenvalue weighted by Gasteiger charge is 2.52. The summed E-state index contributed by atoms with van der Waals surface area (Å²) < 4.78 is 67.4. The van der Waals surface area contributed by atoms with Crippen LogP contribution in [0.4, 0.5) is 22.0 Å². The third-order valence-electron chi connectivity index (χ3n) is 5.42. The molecule has 1 atom stereocenters. The van der Waals surface area contributed by atoms with Crippen molar-refractivity contribution in [1.82, 2.24) is 19.7 Å². The predicted molar refractivity (Wildman–Crippen MR) is 113 cm³/mol. The Morgan fingerprint density at radius 1 is 1.09 bits per heavy atom. The molecule has 1 aliphatic carbocycles. The van der Waals surface area contributed by atoms with Crippen LogP contribution in [0.5, 0.6) is 0 Å². The van der Waals surface area contributed by atoms with Gasteiger partial charge in [-0.15, -0.1) is 22.0 Å². The molecule has 1 unspecified atom stereocenters. The van der Waals surface area contributed by atoms with Gasteiger partial charge in [-0.2, -0.15) is 8.78 Å². The van der Waals surface area contributed by atoms with E-state index in [4.69, 9.17) is 0 Å². The van der Waals surface area contributed by atoms with Crippen molar-refractivity contribution in [3.8, 4) is 22.6 Å². The number of thioether (sulfide) groups is 1. The fraction of sp³-hybridized carbons (Fsp3) is 0.409. The maximum Gasteiger partial charge on any atom is 0.345 e. The predicted octanol–water partition coefficient (Wildman–Crippen LogP) is 6.44. The van der Waals surface area contributed by atoms with Crippen molar-refractivity contribution in [3.63, 3.8) is 0 Å². The molecule has 2 aromatic heterocycles. The van der Waals surface area contributed by atoms with Crippen molar-refractivity contribution >= 4 is 11.8 Å². The Balaban J connectivity index is 1.68. The molecule has 1 aromatic carbocycles. The minimum Gasteiger partial charge on any atom is -0.310 e. The van der Waals surface area contributed by atoms with Gasteiger partial charge in [0.1, 0.15) is 5.69 Å². The molecular weight excluding hydrogens is 447 g/mol. The molecule has 0 spiro atoms. The first kappa shape index (κ1) is 22.7. The number of alkyl halides is 5. The maximum atomic E-state index is 14.2. The summed E-state index contributed by atoms with van der Waals surface area (Å²) >= 11 is 1.45. The van der Waals surface area contributed by atoms with Crippen LogP contribution in [0.2, 0.25) is 0 Å². The van der Waals surface area contributed by atoms with E-state index >= 15 is 0 Å². The molecule has 0 radical (unpaired) electrons. The van der Waals surface area contributed by atoms with E-state index in [1.807, 2.05) is 25.1 Å². The molecule has 1 saturated carbocycles. The van der Waals surface area contributed by atoms with Crippen LogP contribution in [0, 0.1) is 0 Å². The first-order valence-electron chi connectivity index (χ1n) is 10.2. The lowest BCUT2D eigenvalue weighted by Gasteiger charge is -2.19. The van der Waals surface area contributed by atoms with Crippen LogP contribution in [-0.4, -0.2) is 37.8 Å². The average molecular weight is 468 g/mol. The quantitative estimate of drug-likeness (QED) is 0.282. The summed E-state index contributed by atoms with van der Waals surface area (Å²) in [5.74, 6) is -4.38. The van der Waals surface area contributed by atoms with Crippen molar-refractivity contribution in [2.75, 3.05) is 5.75 Å². The SMILES string of the molecule is CCSc1cc(-c2ccc(C3CC3)cc2)cnc1-c1nnc(C(F)C(F)(F)C(F)F)n1C. The molecule has 4 nitrogen and oxygen atoms in total. The van der Waals surface area contributed by atoms with Gasteiger partial charge in [0.05, 0.1) is 0 Å². The molecule has 32 heavy (non-hydrogen) atoms. The summed E-state index contributed by atoms with van der Waals surface area (Å²) in [5.41, 5.74) is 3.48. The zero-order valence-corrected chi connectivity index (χ0v) is 18.2. The second-order valence-corrected chi connectivity index (χ2v) is 8.98. The molecule has 0 aliphatic heterocycles. The lowest BCUT2D eigenvalue weighted by molar-refractivity contribution is -0.175. The van der Waals surface area contributed by atoms with Gasteiger partial charge >= 0.3 is 12.3 Å². The third kappa shape index (κ3) is 4.24. The topological polar surface area (TPSA) is 43.6 Å². The summed E-state index contributed by atoms with van der Waals surface area (Å²) in [5, 5.41) is 7.21. The van der Waals surface area contributed by atoms with E-state index in [0.29, 0.717) is 22.3 Å². The van der Waals surface area contributed by atoms with Crippen LogP contribution in [0.25, 0.3) is 22.6 Å². The van der Waals surface area contributed by atoms with Crippen LogP contribution in [0.1, 0.15) is 43.2 Å². The van der Waals surface area contributed by atoms with E-state index in [1.54, 1.807) is 6.20 Å². The number of benzene rings is 1. The minimum atomic E-state index is -4.87. The molecule has 0 amide bonds. The number of hydrogen-bond donors (Lipinski definition) is 0. The normalized spacial score (nSPS) is 15.4. The monoisotopic (exact) mass is 468 g/mol. The molecule has 170 valence electrons. The Morgan fingerprint density at radius 3 is 2.38 bits per heavy atom. The number of hydrogen-bond acceptors (Lipinski definition) is 4. The van der Waals surface area contributed by atoms with Crippen LogP contribution < -0.4 is 0 Å². The maximum absolute atomic E-state index is 14.2. The van der Waals surface area contributed by atoms with Crippen molar-refractivity contribution < 1.29 is 22.0 Å². The van der Waals surface area contributed by atoms with Crippen LogP contribution >= 0.6 is 11.8 Å². The van der Waals surface area contributed by atoms with Gasteiger partial charge in [-0.25, -0.2) is 13.2 Å². The Bertz CT molecular complexity index is 1100. The van der Waals surface area contributed by atoms with E-state index in [-0.39, 0.29) is 5.82 Å². The summed E-state index contributed by atoms with van der Waals surface area (Å²) in [7, 11) is 1.26. The highest BCUT2D eigenvalue weighted by molar-refractivity contribution is 7.99. The van der Waals surface area contributed by atoms with Gasteiger partial charge in [0, 0.05) is 23.7 Å². The van der Waals surface area contributed by atoms with Gasteiger partial charge in [-0.1, -0.05) is 31.2 Å². The van der Waals surface area contributed by atoms with Crippen molar-refractivity contribution in [2.45, 2.75) is 49.1 Å². The average Bonchev–Trinajstić information content (AvgIpc) is 3.56. The van der Waals surface area contributed by atoms with Gasteiger partial charge < -0.3 is 4.57 Å². The highest BCUT2D eigenvalue weighted by Crippen LogP contribution is 2.42.